The standard InChI is InChI=1S/C13H25N5.HI/c1-7-14-13(16-9(2)3)15-8-12-10(4)17-18(6)11(12)5;/h9H,7-8H2,1-6H3,(H2,14,15,16);1H. The summed E-state index contributed by atoms with van der Waals surface area (Å²) in [5, 5.41) is 11.0. The lowest BCUT2D eigenvalue weighted by Gasteiger charge is -2.13. The Hall–Kier alpha value is -0.790. The van der Waals surface area contributed by atoms with Crippen molar-refractivity contribution >= 4 is 29.9 Å². The van der Waals surface area contributed by atoms with Gasteiger partial charge in [-0.3, -0.25) is 4.68 Å². The first-order chi connectivity index (χ1) is 8.45. The molecule has 1 rings (SSSR count). The van der Waals surface area contributed by atoms with E-state index in [0.717, 1.165) is 18.2 Å². The Morgan fingerprint density at radius 3 is 2.42 bits per heavy atom. The lowest BCUT2D eigenvalue weighted by Crippen LogP contribution is -2.41. The molecule has 5 nitrogen and oxygen atoms in total. The van der Waals surface area contributed by atoms with Crippen LogP contribution in [0.25, 0.3) is 0 Å². The highest BCUT2D eigenvalue weighted by Crippen LogP contribution is 2.12. The first kappa shape index (κ1) is 18.2. The molecule has 0 spiro atoms. The van der Waals surface area contributed by atoms with Crippen LogP contribution in [0.2, 0.25) is 0 Å². The minimum absolute atomic E-state index is 0. The SMILES string of the molecule is CCNC(=NCc1c(C)nn(C)c1C)NC(C)C.I. The molecule has 0 unspecified atom stereocenters. The molecule has 1 aromatic heterocycles. The molecule has 0 fully saturated rings. The number of guanidine groups is 1. The Balaban J connectivity index is 0.00000324. The van der Waals surface area contributed by atoms with Crippen LogP contribution < -0.4 is 10.6 Å². The summed E-state index contributed by atoms with van der Waals surface area (Å²) < 4.78 is 1.91. The summed E-state index contributed by atoms with van der Waals surface area (Å²) in [4.78, 5) is 4.60. The van der Waals surface area contributed by atoms with E-state index in [4.69, 9.17) is 0 Å². The Labute approximate surface area is 133 Å². The van der Waals surface area contributed by atoms with Crippen molar-refractivity contribution in [2.45, 2.75) is 47.2 Å². The van der Waals surface area contributed by atoms with Crippen LogP contribution in [-0.2, 0) is 13.6 Å². The third-order valence-electron chi connectivity index (χ3n) is 2.82. The van der Waals surface area contributed by atoms with Gasteiger partial charge in [0.1, 0.15) is 0 Å². The molecule has 2 N–H and O–H groups in total. The molecule has 0 atom stereocenters. The number of halogens is 1. The molecule has 0 aliphatic heterocycles. The fourth-order valence-electron chi connectivity index (χ4n) is 1.80. The van der Waals surface area contributed by atoms with Crippen LogP contribution in [0.4, 0.5) is 0 Å². The Kier molecular flexibility index (Phi) is 8.05. The number of hydrogen-bond acceptors (Lipinski definition) is 2. The van der Waals surface area contributed by atoms with Gasteiger partial charge in [0.05, 0.1) is 12.2 Å². The van der Waals surface area contributed by atoms with Gasteiger partial charge >= 0.3 is 0 Å². The highest BCUT2D eigenvalue weighted by molar-refractivity contribution is 14.0. The van der Waals surface area contributed by atoms with E-state index in [2.05, 4.69) is 48.4 Å². The van der Waals surface area contributed by atoms with E-state index in [9.17, 15) is 0 Å². The third kappa shape index (κ3) is 5.38. The quantitative estimate of drug-likeness (QED) is 0.479. The largest absolute Gasteiger partial charge is 0.357 e. The second-order valence-electron chi connectivity index (χ2n) is 4.77. The fourth-order valence-corrected chi connectivity index (χ4v) is 1.80. The predicted molar refractivity (Wildman–Crippen MR) is 91.2 cm³/mol. The molecule has 0 saturated carbocycles. The molecule has 0 aromatic carbocycles. The minimum atomic E-state index is 0. The number of aromatic nitrogens is 2. The van der Waals surface area contributed by atoms with Crippen molar-refractivity contribution in [3.8, 4) is 0 Å². The van der Waals surface area contributed by atoms with Gasteiger partial charge < -0.3 is 10.6 Å². The molecule has 1 aromatic rings. The second kappa shape index (κ2) is 8.39. The van der Waals surface area contributed by atoms with E-state index in [1.807, 2.05) is 18.7 Å². The maximum Gasteiger partial charge on any atom is 0.191 e. The van der Waals surface area contributed by atoms with Gasteiger partial charge in [0.2, 0.25) is 0 Å². The summed E-state index contributed by atoms with van der Waals surface area (Å²) >= 11 is 0. The molecular weight excluding hydrogens is 353 g/mol. The molecule has 19 heavy (non-hydrogen) atoms. The normalized spacial score (nSPS) is 11.4. The van der Waals surface area contributed by atoms with Crippen molar-refractivity contribution < 1.29 is 0 Å². The van der Waals surface area contributed by atoms with Gasteiger partial charge in [-0.25, -0.2) is 4.99 Å². The molecule has 0 bridgehead atoms. The van der Waals surface area contributed by atoms with E-state index < -0.39 is 0 Å². The molecule has 0 radical (unpaired) electrons. The van der Waals surface area contributed by atoms with Crippen LogP contribution >= 0.6 is 24.0 Å². The van der Waals surface area contributed by atoms with Crippen LogP contribution in [0.1, 0.15) is 37.7 Å². The summed E-state index contributed by atoms with van der Waals surface area (Å²) in [5.41, 5.74) is 3.44. The van der Waals surface area contributed by atoms with Gasteiger partial charge in [-0.15, -0.1) is 24.0 Å². The van der Waals surface area contributed by atoms with Gasteiger partial charge in [-0.05, 0) is 34.6 Å². The van der Waals surface area contributed by atoms with E-state index in [0.29, 0.717) is 12.6 Å². The Morgan fingerprint density at radius 2 is 2.00 bits per heavy atom. The van der Waals surface area contributed by atoms with Gasteiger partial charge in [-0.1, -0.05) is 0 Å². The van der Waals surface area contributed by atoms with Gasteiger partial charge in [-0.2, -0.15) is 5.10 Å². The lowest BCUT2D eigenvalue weighted by atomic mass is 10.2. The van der Waals surface area contributed by atoms with Crippen molar-refractivity contribution in [2.24, 2.45) is 12.0 Å². The molecule has 1 heterocycles. The van der Waals surface area contributed by atoms with Crippen LogP contribution in [0.15, 0.2) is 4.99 Å². The van der Waals surface area contributed by atoms with Crippen molar-refractivity contribution in [1.82, 2.24) is 20.4 Å². The van der Waals surface area contributed by atoms with Crippen molar-refractivity contribution in [1.29, 1.82) is 0 Å². The summed E-state index contributed by atoms with van der Waals surface area (Å²) in [5.74, 6) is 0.857. The molecule has 0 aliphatic rings. The van der Waals surface area contributed by atoms with Gasteiger partial charge in [0, 0.05) is 30.9 Å². The third-order valence-corrected chi connectivity index (χ3v) is 2.82. The topological polar surface area (TPSA) is 54.2 Å². The molecule has 110 valence electrons. The van der Waals surface area contributed by atoms with Crippen molar-refractivity contribution in [2.75, 3.05) is 6.54 Å². The van der Waals surface area contributed by atoms with Crippen LogP contribution in [0.5, 0.6) is 0 Å². The fraction of sp³-hybridized carbons (Fsp3) is 0.692. The molecule has 0 saturated heterocycles. The number of aryl methyl sites for hydroxylation is 2. The summed E-state index contributed by atoms with van der Waals surface area (Å²) in [6.45, 7) is 11.9. The summed E-state index contributed by atoms with van der Waals surface area (Å²) in [6.07, 6.45) is 0. The van der Waals surface area contributed by atoms with Gasteiger partial charge in [0.25, 0.3) is 0 Å². The lowest BCUT2D eigenvalue weighted by molar-refractivity contribution is 0.700. The highest BCUT2D eigenvalue weighted by atomic mass is 127. The van der Waals surface area contributed by atoms with E-state index in [-0.39, 0.29) is 24.0 Å². The average Bonchev–Trinajstić information content (AvgIpc) is 2.50. The monoisotopic (exact) mass is 379 g/mol. The Morgan fingerprint density at radius 1 is 1.37 bits per heavy atom. The zero-order valence-corrected chi connectivity index (χ0v) is 15.1. The zero-order valence-electron chi connectivity index (χ0n) is 12.7. The number of aliphatic imine (C=N–C) groups is 1. The average molecular weight is 379 g/mol. The maximum atomic E-state index is 4.60. The van der Waals surface area contributed by atoms with E-state index in [1.165, 1.54) is 11.3 Å². The van der Waals surface area contributed by atoms with Crippen molar-refractivity contribution in [3.05, 3.63) is 17.0 Å². The first-order valence-electron chi connectivity index (χ1n) is 6.49. The van der Waals surface area contributed by atoms with Crippen LogP contribution in [0.3, 0.4) is 0 Å². The minimum Gasteiger partial charge on any atom is -0.357 e. The van der Waals surface area contributed by atoms with E-state index in [1.54, 1.807) is 0 Å². The number of nitrogens with zero attached hydrogens (tertiary/aromatic N) is 3. The van der Waals surface area contributed by atoms with Crippen LogP contribution in [-0.4, -0.2) is 28.3 Å². The first-order valence-corrected chi connectivity index (χ1v) is 6.49. The Bertz CT molecular complexity index is 423. The summed E-state index contributed by atoms with van der Waals surface area (Å²) in [7, 11) is 1.97. The van der Waals surface area contributed by atoms with Crippen LogP contribution in [0, 0.1) is 13.8 Å². The molecule has 0 amide bonds. The summed E-state index contributed by atoms with van der Waals surface area (Å²) in [6, 6.07) is 0.374. The maximum absolute atomic E-state index is 4.60. The molecule has 0 aliphatic carbocycles. The highest BCUT2D eigenvalue weighted by Gasteiger charge is 2.09. The molecular formula is C13H26IN5. The zero-order chi connectivity index (χ0) is 13.7. The second-order valence-corrected chi connectivity index (χ2v) is 4.77. The molecule has 6 heteroatoms. The van der Waals surface area contributed by atoms with Gasteiger partial charge in [0.15, 0.2) is 5.96 Å². The number of nitrogens with one attached hydrogen (secondary N) is 2. The number of rotatable bonds is 4. The predicted octanol–water partition coefficient (Wildman–Crippen LogP) is 2.12. The smallest absolute Gasteiger partial charge is 0.191 e. The number of hydrogen-bond donors (Lipinski definition) is 2. The van der Waals surface area contributed by atoms with Crippen molar-refractivity contribution in [3.63, 3.8) is 0 Å². The van der Waals surface area contributed by atoms with E-state index >= 15 is 0 Å².